The molecule has 1 unspecified atom stereocenters. The van der Waals surface area contributed by atoms with E-state index in [-0.39, 0.29) is 0 Å². The number of rotatable bonds is 33. The van der Waals surface area contributed by atoms with Crippen LogP contribution in [-0.2, 0) is 0 Å². The molecule has 0 bridgehead atoms. The Hall–Kier alpha value is -0.790. The Morgan fingerprint density at radius 1 is 0.452 bits per heavy atom. The number of nitrogens with zero attached hydrogens (tertiary/aromatic N) is 1. The molecule has 0 fully saturated rings. The molecule has 0 aromatic carbocycles. The van der Waals surface area contributed by atoms with Crippen molar-refractivity contribution < 1.29 is 4.57 Å². The molecule has 0 amide bonds. The van der Waals surface area contributed by atoms with E-state index in [1.54, 1.807) is 0 Å². The lowest BCUT2D eigenvalue weighted by Gasteiger charge is -2.17. The number of hydrogen-bond donors (Lipinski definition) is 1. The molecule has 1 heterocycles. The zero-order valence-electron chi connectivity index (χ0n) is 29.7. The monoisotopic (exact) mass is 588 g/mol. The molecule has 0 saturated heterocycles. The van der Waals surface area contributed by atoms with E-state index in [9.17, 15) is 0 Å². The maximum absolute atomic E-state index is 3.72. The van der Waals surface area contributed by atoms with E-state index in [1.165, 1.54) is 205 Å². The van der Waals surface area contributed by atoms with Gasteiger partial charge >= 0.3 is 0 Å². The average molecular weight is 588 g/mol. The van der Waals surface area contributed by atoms with Crippen molar-refractivity contribution in [2.24, 2.45) is 0 Å². The first-order valence-corrected chi connectivity index (χ1v) is 19.8. The van der Waals surface area contributed by atoms with E-state index in [4.69, 9.17) is 0 Å². The highest BCUT2D eigenvalue weighted by Crippen LogP contribution is 2.27. The fraction of sp³-hybridized carbons (Fsp3) is 0.925. The van der Waals surface area contributed by atoms with E-state index < -0.39 is 0 Å². The molecular weight excluding hydrogens is 508 g/mol. The lowest BCUT2D eigenvalue weighted by molar-refractivity contribution is -0.727. The second-order valence-corrected chi connectivity index (χ2v) is 14.0. The van der Waals surface area contributed by atoms with Gasteiger partial charge in [-0.2, -0.15) is 0 Å². The number of unbranched alkanes of at least 4 members (excludes halogenated alkanes) is 25. The van der Waals surface area contributed by atoms with Crippen LogP contribution in [0.25, 0.3) is 0 Å². The molecule has 0 aliphatic heterocycles. The lowest BCUT2D eigenvalue weighted by Crippen LogP contribution is -2.41. The van der Waals surface area contributed by atoms with Gasteiger partial charge in [-0.05, 0) is 32.6 Å². The second-order valence-electron chi connectivity index (χ2n) is 14.0. The minimum absolute atomic E-state index is 0.618. The van der Waals surface area contributed by atoms with Crippen molar-refractivity contribution in [3.8, 4) is 0 Å². The Morgan fingerprint density at radius 3 is 1.14 bits per heavy atom. The lowest BCUT2D eigenvalue weighted by atomic mass is 9.92. The van der Waals surface area contributed by atoms with E-state index in [2.05, 4.69) is 49.6 Å². The summed E-state index contributed by atoms with van der Waals surface area (Å²) in [7, 11) is 0. The summed E-state index contributed by atoms with van der Waals surface area (Å²) in [4.78, 5) is 3.72. The van der Waals surface area contributed by atoms with Crippen LogP contribution in [0.1, 0.15) is 245 Å². The van der Waals surface area contributed by atoms with Gasteiger partial charge in [0.05, 0.1) is 12.0 Å². The summed E-state index contributed by atoms with van der Waals surface area (Å²) in [5.41, 5.74) is 0. The van der Waals surface area contributed by atoms with Gasteiger partial charge in [-0.25, -0.2) is 9.55 Å². The van der Waals surface area contributed by atoms with E-state index >= 15 is 0 Å². The number of aromatic nitrogens is 2. The number of aromatic amines is 1. The number of hydrogen-bond acceptors (Lipinski definition) is 0. The van der Waals surface area contributed by atoms with Crippen LogP contribution in [0, 0.1) is 0 Å². The smallest absolute Gasteiger partial charge is 0.247 e. The van der Waals surface area contributed by atoms with Gasteiger partial charge in [0.15, 0.2) is 0 Å². The van der Waals surface area contributed by atoms with Crippen LogP contribution < -0.4 is 4.57 Å². The van der Waals surface area contributed by atoms with Gasteiger partial charge < -0.3 is 0 Å². The first-order chi connectivity index (χ1) is 20.7. The van der Waals surface area contributed by atoms with Gasteiger partial charge in [0.1, 0.15) is 12.4 Å². The zero-order chi connectivity index (χ0) is 30.4. The molecule has 0 aliphatic rings. The van der Waals surface area contributed by atoms with Crippen LogP contribution in [0.5, 0.6) is 0 Å². The van der Waals surface area contributed by atoms with Crippen molar-refractivity contribution in [1.82, 2.24) is 4.98 Å². The molecule has 248 valence electrons. The molecule has 2 nitrogen and oxygen atoms in total. The van der Waals surface area contributed by atoms with Crippen LogP contribution in [0.3, 0.4) is 0 Å². The SMILES string of the molecule is CCCCCCCCCCCCCCCC(CCCCCCCCCCCCCCC)c1[nH]cc[n+]1C(C)CCCC. The van der Waals surface area contributed by atoms with Gasteiger partial charge in [0.2, 0.25) is 0 Å². The standard InChI is InChI=1S/C40H78N2/c1-5-8-11-13-15-17-19-21-23-25-27-29-31-34-39(40-41-36-37-42(40)38(4)33-10-7-3)35-32-30-28-26-24-22-20-18-16-14-12-9-6-2/h36-39H,5-35H2,1-4H3/p+1. The van der Waals surface area contributed by atoms with Crippen LogP contribution in [0.4, 0.5) is 0 Å². The van der Waals surface area contributed by atoms with Gasteiger partial charge in [0.25, 0.3) is 5.82 Å². The maximum Gasteiger partial charge on any atom is 0.257 e. The third-order valence-electron chi connectivity index (χ3n) is 9.89. The molecule has 0 spiro atoms. The predicted octanol–water partition coefficient (Wildman–Crippen LogP) is 14.1. The molecule has 0 radical (unpaired) electrons. The summed E-state index contributed by atoms with van der Waals surface area (Å²) in [6, 6.07) is 0.618. The van der Waals surface area contributed by atoms with Crippen LogP contribution >= 0.6 is 0 Å². The van der Waals surface area contributed by atoms with Crippen molar-refractivity contribution in [3.63, 3.8) is 0 Å². The van der Waals surface area contributed by atoms with Crippen molar-refractivity contribution >= 4 is 0 Å². The fourth-order valence-electron chi connectivity index (χ4n) is 6.94. The van der Waals surface area contributed by atoms with Gasteiger partial charge in [0, 0.05) is 0 Å². The molecule has 42 heavy (non-hydrogen) atoms. The molecule has 1 aromatic heterocycles. The summed E-state index contributed by atoms with van der Waals surface area (Å²) in [6.45, 7) is 9.38. The van der Waals surface area contributed by atoms with Crippen LogP contribution in [0.15, 0.2) is 12.4 Å². The summed E-state index contributed by atoms with van der Waals surface area (Å²) < 4.78 is 2.60. The van der Waals surface area contributed by atoms with Crippen molar-refractivity contribution in [2.45, 2.75) is 239 Å². The number of imidazole rings is 1. The first-order valence-electron chi connectivity index (χ1n) is 19.8. The van der Waals surface area contributed by atoms with E-state index in [1.807, 2.05) is 0 Å². The minimum Gasteiger partial charge on any atom is -0.247 e. The van der Waals surface area contributed by atoms with Crippen molar-refractivity contribution in [1.29, 1.82) is 0 Å². The summed E-state index contributed by atoms with van der Waals surface area (Å²) in [6.07, 6.45) is 48.8. The molecule has 1 rings (SSSR count). The summed E-state index contributed by atoms with van der Waals surface area (Å²) in [5, 5.41) is 0. The highest BCUT2D eigenvalue weighted by atomic mass is 15.1. The third-order valence-corrected chi connectivity index (χ3v) is 9.89. The molecule has 2 heteroatoms. The fourth-order valence-corrected chi connectivity index (χ4v) is 6.94. The molecule has 1 atom stereocenters. The Labute approximate surface area is 266 Å². The molecule has 1 N–H and O–H groups in total. The Kier molecular flexibility index (Phi) is 28.3. The van der Waals surface area contributed by atoms with Crippen LogP contribution in [0.2, 0.25) is 0 Å². The summed E-state index contributed by atoms with van der Waals surface area (Å²) in [5.74, 6) is 2.24. The first kappa shape index (κ1) is 39.2. The van der Waals surface area contributed by atoms with Gasteiger partial charge in [-0.3, -0.25) is 0 Å². The highest BCUT2D eigenvalue weighted by molar-refractivity contribution is 4.90. The average Bonchev–Trinajstić information content (AvgIpc) is 3.49. The van der Waals surface area contributed by atoms with Crippen molar-refractivity contribution in [3.05, 3.63) is 18.2 Å². The van der Waals surface area contributed by atoms with Gasteiger partial charge in [-0.15, -0.1) is 0 Å². The number of H-pyrrole nitrogens is 1. The Bertz CT molecular complexity index is 620. The Balaban J connectivity index is 2.28. The third kappa shape index (κ3) is 21.8. The van der Waals surface area contributed by atoms with Crippen molar-refractivity contribution in [2.75, 3.05) is 0 Å². The largest absolute Gasteiger partial charge is 0.257 e. The van der Waals surface area contributed by atoms with Gasteiger partial charge in [-0.1, -0.05) is 194 Å². The minimum atomic E-state index is 0.618. The highest BCUT2D eigenvalue weighted by Gasteiger charge is 2.25. The normalized spacial score (nSPS) is 12.5. The molecular formula is C40H79N2+. The quantitative estimate of drug-likeness (QED) is 0.0623. The second kappa shape index (κ2) is 30.2. The maximum atomic E-state index is 3.72. The zero-order valence-corrected chi connectivity index (χ0v) is 29.7. The molecule has 0 saturated carbocycles. The van der Waals surface area contributed by atoms with E-state index in [0.29, 0.717) is 12.0 Å². The Morgan fingerprint density at radius 2 is 0.786 bits per heavy atom. The summed E-state index contributed by atoms with van der Waals surface area (Å²) >= 11 is 0. The number of nitrogens with one attached hydrogen (secondary N) is 1. The molecule has 1 aromatic rings. The predicted molar refractivity (Wildman–Crippen MR) is 189 cm³/mol. The van der Waals surface area contributed by atoms with Crippen LogP contribution in [-0.4, -0.2) is 4.98 Å². The topological polar surface area (TPSA) is 19.7 Å². The molecule has 0 aliphatic carbocycles. The van der Waals surface area contributed by atoms with E-state index in [0.717, 1.165) is 0 Å².